The van der Waals surface area contributed by atoms with Gasteiger partial charge in [0, 0.05) is 37.3 Å². The molecular weight excluding hydrogens is 370 g/mol. The van der Waals surface area contributed by atoms with Crippen LogP contribution in [0.1, 0.15) is 6.92 Å². The third-order valence-electron chi connectivity index (χ3n) is 4.21. The number of hydrogen-bond donors (Lipinski definition) is 1. The second kappa shape index (κ2) is 8.77. The summed E-state index contributed by atoms with van der Waals surface area (Å²) in [5.41, 5.74) is 0.724. The van der Waals surface area contributed by atoms with E-state index in [1.807, 2.05) is 6.07 Å². The minimum Gasteiger partial charge on any atom is -0.495 e. The van der Waals surface area contributed by atoms with Crippen molar-refractivity contribution in [2.24, 2.45) is 0 Å². The zero-order chi connectivity index (χ0) is 19.2. The van der Waals surface area contributed by atoms with Crippen LogP contribution in [0.3, 0.4) is 0 Å². The molecule has 144 valence electrons. The molecule has 2 heterocycles. The summed E-state index contributed by atoms with van der Waals surface area (Å²) < 4.78 is 10.4. The van der Waals surface area contributed by atoms with E-state index >= 15 is 0 Å². The highest BCUT2D eigenvalue weighted by molar-refractivity contribution is 6.31. The van der Waals surface area contributed by atoms with Gasteiger partial charge < -0.3 is 24.6 Å². The summed E-state index contributed by atoms with van der Waals surface area (Å²) >= 11 is 6.08. The van der Waals surface area contributed by atoms with Crippen LogP contribution in [0.25, 0.3) is 0 Å². The first-order valence-electron chi connectivity index (χ1n) is 8.70. The first kappa shape index (κ1) is 19.0. The molecule has 0 atom stereocenters. The Morgan fingerprint density at radius 2 is 2.00 bits per heavy atom. The lowest BCUT2D eigenvalue weighted by Crippen LogP contribution is -2.49. The summed E-state index contributed by atoms with van der Waals surface area (Å²) in [6.07, 6.45) is 1.24. The lowest BCUT2D eigenvalue weighted by Gasteiger charge is -2.34. The molecule has 0 radical (unpaired) electrons. The highest BCUT2D eigenvalue weighted by Gasteiger charge is 2.23. The van der Waals surface area contributed by atoms with Crippen molar-refractivity contribution in [1.29, 1.82) is 0 Å². The topological polar surface area (TPSA) is 79.8 Å². The maximum absolute atomic E-state index is 11.8. The van der Waals surface area contributed by atoms with Crippen molar-refractivity contribution < 1.29 is 14.3 Å². The zero-order valence-corrected chi connectivity index (χ0v) is 16.1. The van der Waals surface area contributed by atoms with Gasteiger partial charge in [-0.05, 0) is 25.1 Å². The van der Waals surface area contributed by atoms with Crippen LogP contribution in [-0.2, 0) is 4.74 Å². The fourth-order valence-corrected chi connectivity index (χ4v) is 3.01. The number of carbonyl (C=O) groups is 1. The standard InChI is InChI=1S/C18H22ClN5O3/c1-3-27-18(25)24-8-6-23(7-9-24)17-11-16(20-12-21-17)22-14-10-13(19)4-5-15(14)26-2/h4-5,10-12H,3,6-9H2,1-2H3,(H,20,21,22). The number of carbonyl (C=O) groups excluding carboxylic acids is 1. The molecule has 0 unspecified atom stereocenters. The van der Waals surface area contributed by atoms with E-state index in [0.717, 1.165) is 11.5 Å². The van der Waals surface area contributed by atoms with E-state index in [0.29, 0.717) is 49.4 Å². The molecule has 1 amide bonds. The van der Waals surface area contributed by atoms with Crippen molar-refractivity contribution in [2.45, 2.75) is 6.92 Å². The fourth-order valence-electron chi connectivity index (χ4n) is 2.84. The lowest BCUT2D eigenvalue weighted by atomic mass is 10.3. The van der Waals surface area contributed by atoms with Crippen LogP contribution in [0.2, 0.25) is 5.02 Å². The number of anilines is 3. The van der Waals surface area contributed by atoms with Crippen molar-refractivity contribution in [3.05, 3.63) is 35.6 Å². The minimum absolute atomic E-state index is 0.268. The summed E-state index contributed by atoms with van der Waals surface area (Å²) in [6.45, 7) is 4.72. The number of amides is 1. The SMILES string of the molecule is CCOC(=O)N1CCN(c2cc(Nc3cc(Cl)ccc3OC)ncn2)CC1. The summed E-state index contributed by atoms with van der Waals surface area (Å²) in [6, 6.07) is 7.20. The average Bonchev–Trinajstić information content (AvgIpc) is 2.69. The molecule has 8 nitrogen and oxygen atoms in total. The second-order valence-corrected chi connectivity index (χ2v) is 6.34. The summed E-state index contributed by atoms with van der Waals surface area (Å²) in [5, 5.41) is 3.82. The number of rotatable bonds is 5. The zero-order valence-electron chi connectivity index (χ0n) is 15.3. The summed E-state index contributed by atoms with van der Waals surface area (Å²) in [7, 11) is 1.60. The molecule has 1 N–H and O–H groups in total. The molecule has 1 aliphatic rings. The van der Waals surface area contributed by atoms with Crippen LogP contribution < -0.4 is 15.0 Å². The van der Waals surface area contributed by atoms with Gasteiger partial charge in [-0.3, -0.25) is 0 Å². The molecule has 1 fully saturated rings. The van der Waals surface area contributed by atoms with Crippen molar-refractivity contribution in [1.82, 2.24) is 14.9 Å². The minimum atomic E-state index is -0.268. The van der Waals surface area contributed by atoms with E-state index < -0.39 is 0 Å². The quantitative estimate of drug-likeness (QED) is 0.838. The molecule has 1 aromatic heterocycles. The molecule has 3 rings (SSSR count). The Morgan fingerprint density at radius 3 is 2.70 bits per heavy atom. The van der Waals surface area contributed by atoms with Crippen molar-refractivity contribution >= 4 is 35.0 Å². The summed E-state index contributed by atoms with van der Waals surface area (Å²) in [4.78, 5) is 24.3. The van der Waals surface area contributed by atoms with Gasteiger partial charge in [-0.1, -0.05) is 11.6 Å². The van der Waals surface area contributed by atoms with Gasteiger partial charge in [0.1, 0.15) is 23.7 Å². The summed E-state index contributed by atoms with van der Waals surface area (Å²) in [5.74, 6) is 2.09. The molecule has 2 aromatic rings. The predicted molar refractivity (Wildman–Crippen MR) is 104 cm³/mol. The molecule has 9 heteroatoms. The van der Waals surface area contributed by atoms with E-state index in [1.54, 1.807) is 37.1 Å². The highest BCUT2D eigenvalue weighted by Crippen LogP contribution is 2.30. The van der Waals surface area contributed by atoms with Crippen LogP contribution in [0, 0.1) is 0 Å². The molecule has 1 saturated heterocycles. The molecule has 27 heavy (non-hydrogen) atoms. The number of halogens is 1. The molecule has 1 aliphatic heterocycles. The highest BCUT2D eigenvalue weighted by atomic mass is 35.5. The van der Waals surface area contributed by atoms with E-state index in [1.165, 1.54) is 6.33 Å². The van der Waals surface area contributed by atoms with Crippen LogP contribution >= 0.6 is 11.6 Å². The number of nitrogens with zero attached hydrogens (tertiary/aromatic N) is 4. The fraction of sp³-hybridized carbons (Fsp3) is 0.389. The van der Waals surface area contributed by atoms with Gasteiger partial charge in [-0.15, -0.1) is 0 Å². The normalized spacial score (nSPS) is 14.0. The van der Waals surface area contributed by atoms with E-state index in [2.05, 4.69) is 20.2 Å². The molecule has 0 aliphatic carbocycles. The molecule has 1 aromatic carbocycles. The van der Waals surface area contributed by atoms with Crippen LogP contribution in [0.5, 0.6) is 5.75 Å². The average molecular weight is 392 g/mol. The maximum Gasteiger partial charge on any atom is 0.409 e. The van der Waals surface area contributed by atoms with Crippen molar-refractivity contribution in [3.63, 3.8) is 0 Å². The smallest absolute Gasteiger partial charge is 0.409 e. The van der Waals surface area contributed by atoms with Gasteiger partial charge in [0.2, 0.25) is 0 Å². The number of nitrogens with one attached hydrogen (secondary N) is 1. The number of piperazine rings is 1. The molecule has 0 bridgehead atoms. The number of methoxy groups -OCH3 is 1. The van der Waals surface area contributed by atoms with Crippen molar-refractivity contribution in [2.75, 3.05) is 50.1 Å². The van der Waals surface area contributed by atoms with E-state index in [-0.39, 0.29) is 6.09 Å². The third-order valence-corrected chi connectivity index (χ3v) is 4.44. The second-order valence-electron chi connectivity index (χ2n) is 5.90. The molecule has 0 saturated carbocycles. The first-order valence-corrected chi connectivity index (χ1v) is 9.07. The van der Waals surface area contributed by atoms with Gasteiger partial charge in [-0.25, -0.2) is 14.8 Å². The van der Waals surface area contributed by atoms with Gasteiger partial charge >= 0.3 is 6.09 Å². The number of ether oxygens (including phenoxy) is 2. The maximum atomic E-state index is 11.8. The Labute approximate surface area is 163 Å². The van der Waals surface area contributed by atoms with Gasteiger partial charge in [0.25, 0.3) is 0 Å². The predicted octanol–water partition coefficient (Wildman–Crippen LogP) is 3.16. The monoisotopic (exact) mass is 391 g/mol. The van der Waals surface area contributed by atoms with E-state index in [9.17, 15) is 4.79 Å². The lowest BCUT2D eigenvalue weighted by molar-refractivity contribution is 0.105. The molecular formula is C18H22ClN5O3. The Hall–Kier alpha value is -2.74. The van der Waals surface area contributed by atoms with Crippen LogP contribution in [0.4, 0.5) is 22.1 Å². The van der Waals surface area contributed by atoms with E-state index in [4.69, 9.17) is 21.1 Å². The van der Waals surface area contributed by atoms with Crippen LogP contribution in [0.15, 0.2) is 30.6 Å². The Kier molecular flexibility index (Phi) is 6.18. The number of hydrogen-bond acceptors (Lipinski definition) is 7. The first-order chi connectivity index (χ1) is 13.1. The number of benzene rings is 1. The Morgan fingerprint density at radius 1 is 1.22 bits per heavy atom. The van der Waals surface area contributed by atoms with Gasteiger partial charge in [-0.2, -0.15) is 0 Å². The Balaban J connectivity index is 1.68. The van der Waals surface area contributed by atoms with Gasteiger partial charge in [0.05, 0.1) is 19.4 Å². The Bertz CT molecular complexity index is 796. The van der Waals surface area contributed by atoms with Gasteiger partial charge in [0.15, 0.2) is 0 Å². The molecule has 0 spiro atoms. The largest absolute Gasteiger partial charge is 0.495 e. The number of aromatic nitrogens is 2. The van der Waals surface area contributed by atoms with Crippen LogP contribution in [-0.4, -0.2) is 60.9 Å². The third kappa shape index (κ3) is 4.71. The van der Waals surface area contributed by atoms with Crippen molar-refractivity contribution in [3.8, 4) is 5.75 Å².